The molecular formula is C11H22N2O. The van der Waals surface area contributed by atoms with Gasteiger partial charge in [-0.15, -0.1) is 0 Å². The molecule has 0 spiro atoms. The highest BCUT2D eigenvalue weighted by Gasteiger charge is 2.40. The lowest BCUT2D eigenvalue weighted by molar-refractivity contribution is 0.0629. The molecule has 0 amide bonds. The summed E-state index contributed by atoms with van der Waals surface area (Å²) in [6, 6.07) is 0. The van der Waals surface area contributed by atoms with Crippen molar-refractivity contribution in [1.82, 2.24) is 10.2 Å². The van der Waals surface area contributed by atoms with Crippen LogP contribution in [0.3, 0.4) is 0 Å². The number of hydrogen-bond donors (Lipinski definition) is 2. The van der Waals surface area contributed by atoms with Crippen LogP contribution in [0.2, 0.25) is 0 Å². The number of aliphatic hydroxyl groups is 1. The lowest BCUT2D eigenvalue weighted by atomic mass is 9.85. The highest BCUT2D eigenvalue weighted by Crippen LogP contribution is 2.34. The highest BCUT2D eigenvalue weighted by atomic mass is 16.3. The molecule has 2 aliphatic rings. The van der Waals surface area contributed by atoms with Gasteiger partial charge in [0.2, 0.25) is 0 Å². The minimum Gasteiger partial charge on any atom is -0.394 e. The molecule has 2 saturated heterocycles. The Hall–Kier alpha value is -0.120. The van der Waals surface area contributed by atoms with Gasteiger partial charge in [-0.2, -0.15) is 0 Å². The second kappa shape index (κ2) is 4.17. The zero-order valence-electron chi connectivity index (χ0n) is 9.13. The maximum absolute atomic E-state index is 9.59. The van der Waals surface area contributed by atoms with Gasteiger partial charge in [0.05, 0.1) is 6.61 Å². The van der Waals surface area contributed by atoms with Gasteiger partial charge in [-0.25, -0.2) is 0 Å². The van der Waals surface area contributed by atoms with Crippen LogP contribution in [0.5, 0.6) is 0 Å². The third-order valence-corrected chi connectivity index (χ3v) is 4.07. The molecule has 2 N–H and O–H groups in total. The molecule has 0 aromatic heterocycles. The van der Waals surface area contributed by atoms with Gasteiger partial charge in [0, 0.05) is 5.54 Å². The fraction of sp³-hybridized carbons (Fsp3) is 1.00. The van der Waals surface area contributed by atoms with Gasteiger partial charge in [-0.3, -0.25) is 4.90 Å². The summed E-state index contributed by atoms with van der Waals surface area (Å²) < 4.78 is 0. The minimum atomic E-state index is 0.108. The van der Waals surface area contributed by atoms with Gasteiger partial charge in [0.25, 0.3) is 0 Å². The van der Waals surface area contributed by atoms with Gasteiger partial charge in [-0.1, -0.05) is 0 Å². The number of likely N-dealkylation sites (tertiary alicyclic amines) is 1. The van der Waals surface area contributed by atoms with E-state index in [-0.39, 0.29) is 5.54 Å². The van der Waals surface area contributed by atoms with Crippen LogP contribution >= 0.6 is 0 Å². The maximum Gasteiger partial charge on any atom is 0.0615 e. The Kier molecular flexibility index (Phi) is 3.10. The summed E-state index contributed by atoms with van der Waals surface area (Å²) in [5.74, 6) is 0.780. The van der Waals surface area contributed by atoms with Crippen LogP contribution in [0.1, 0.15) is 25.7 Å². The van der Waals surface area contributed by atoms with E-state index in [1.54, 1.807) is 0 Å². The lowest BCUT2D eigenvalue weighted by Crippen LogP contribution is -2.46. The average molecular weight is 198 g/mol. The largest absolute Gasteiger partial charge is 0.394 e. The number of hydrogen-bond acceptors (Lipinski definition) is 3. The van der Waals surface area contributed by atoms with E-state index >= 15 is 0 Å². The molecule has 3 heteroatoms. The van der Waals surface area contributed by atoms with E-state index in [0.29, 0.717) is 6.61 Å². The molecule has 2 fully saturated rings. The summed E-state index contributed by atoms with van der Waals surface area (Å²) in [4.78, 5) is 2.37. The third kappa shape index (κ3) is 1.81. The molecule has 0 bridgehead atoms. The molecule has 0 radical (unpaired) electrons. The number of rotatable bonds is 3. The maximum atomic E-state index is 9.59. The monoisotopic (exact) mass is 198 g/mol. The standard InChI is InChI=1S/C11H22N2O/c1-13-6-2-4-11(13,9-14)7-10-3-5-12-8-10/h10,12,14H,2-9H2,1H3/t10?,11-/m0/s1. The van der Waals surface area contributed by atoms with Crippen LogP contribution in [-0.4, -0.2) is 48.8 Å². The highest BCUT2D eigenvalue weighted by molar-refractivity contribution is 4.96. The van der Waals surface area contributed by atoms with E-state index in [2.05, 4.69) is 17.3 Å². The van der Waals surface area contributed by atoms with Crippen LogP contribution < -0.4 is 5.32 Å². The van der Waals surface area contributed by atoms with Gasteiger partial charge >= 0.3 is 0 Å². The molecule has 14 heavy (non-hydrogen) atoms. The second-order valence-corrected chi connectivity index (χ2v) is 4.97. The molecule has 2 aliphatic heterocycles. The lowest BCUT2D eigenvalue weighted by Gasteiger charge is -2.36. The Labute approximate surface area is 86.5 Å². The molecule has 1 unspecified atom stereocenters. The van der Waals surface area contributed by atoms with E-state index in [9.17, 15) is 5.11 Å². The molecule has 0 aromatic carbocycles. The zero-order valence-corrected chi connectivity index (χ0v) is 9.13. The van der Waals surface area contributed by atoms with E-state index in [0.717, 1.165) is 25.6 Å². The summed E-state index contributed by atoms with van der Waals surface area (Å²) >= 11 is 0. The molecule has 0 saturated carbocycles. The smallest absolute Gasteiger partial charge is 0.0615 e. The minimum absolute atomic E-state index is 0.108. The fourth-order valence-corrected chi connectivity index (χ4v) is 3.02. The van der Waals surface area contributed by atoms with Gasteiger partial charge in [-0.05, 0) is 58.3 Å². The van der Waals surface area contributed by atoms with Crippen LogP contribution in [0.4, 0.5) is 0 Å². The van der Waals surface area contributed by atoms with Crippen LogP contribution in [-0.2, 0) is 0 Å². The first-order valence-corrected chi connectivity index (χ1v) is 5.80. The third-order valence-electron chi connectivity index (χ3n) is 4.07. The van der Waals surface area contributed by atoms with Crippen LogP contribution in [0.25, 0.3) is 0 Å². The molecule has 2 rings (SSSR count). The summed E-state index contributed by atoms with van der Waals surface area (Å²) in [6.07, 6.45) is 4.89. The predicted molar refractivity (Wildman–Crippen MR) is 57.3 cm³/mol. The van der Waals surface area contributed by atoms with Gasteiger partial charge < -0.3 is 10.4 Å². The molecule has 2 atom stereocenters. The molecule has 3 nitrogen and oxygen atoms in total. The van der Waals surface area contributed by atoms with E-state index in [1.165, 1.54) is 25.7 Å². The van der Waals surface area contributed by atoms with Gasteiger partial charge in [0.15, 0.2) is 0 Å². The van der Waals surface area contributed by atoms with Crippen LogP contribution in [0, 0.1) is 5.92 Å². The molecule has 82 valence electrons. The van der Waals surface area contributed by atoms with Crippen molar-refractivity contribution in [1.29, 1.82) is 0 Å². The van der Waals surface area contributed by atoms with E-state index in [4.69, 9.17) is 0 Å². The Bertz CT molecular complexity index is 192. The Morgan fingerprint density at radius 2 is 2.43 bits per heavy atom. The van der Waals surface area contributed by atoms with E-state index in [1.807, 2.05) is 0 Å². The zero-order chi connectivity index (χ0) is 10.0. The van der Waals surface area contributed by atoms with Gasteiger partial charge in [0.1, 0.15) is 0 Å². The SMILES string of the molecule is CN1CCC[C@@]1(CO)CC1CCNC1. The Morgan fingerprint density at radius 3 is 2.93 bits per heavy atom. The van der Waals surface area contributed by atoms with Crippen LogP contribution in [0.15, 0.2) is 0 Å². The summed E-state index contributed by atoms with van der Waals surface area (Å²) in [5.41, 5.74) is 0.108. The quantitative estimate of drug-likeness (QED) is 0.691. The molecular weight excluding hydrogens is 176 g/mol. The molecule has 0 aliphatic carbocycles. The van der Waals surface area contributed by atoms with Crippen molar-refractivity contribution < 1.29 is 5.11 Å². The normalized spacial score (nSPS) is 39.4. The average Bonchev–Trinajstić information content (AvgIpc) is 2.79. The number of nitrogens with one attached hydrogen (secondary N) is 1. The number of aliphatic hydroxyl groups excluding tert-OH is 1. The fourth-order valence-electron chi connectivity index (χ4n) is 3.02. The Morgan fingerprint density at radius 1 is 1.57 bits per heavy atom. The van der Waals surface area contributed by atoms with Crippen molar-refractivity contribution in [2.75, 3.05) is 33.3 Å². The first kappa shape index (κ1) is 10.4. The van der Waals surface area contributed by atoms with Crippen molar-refractivity contribution in [3.8, 4) is 0 Å². The predicted octanol–water partition coefficient (Wildman–Crippen LogP) is 0.443. The second-order valence-electron chi connectivity index (χ2n) is 4.97. The van der Waals surface area contributed by atoms with Crippen molar-refractivity contribution in [2.45, 2.75) is 31.2 Å². The first-order valence-electron chi connectivity index (χ1n) is 5.80. The van der Waals surface area contributed by atoms with E-state index < -0.39 is 0 Å². The van der Waals surface area contributed by atoms with Crippen molar-refractivity contribution >= 4 is 0 Å². The molecule has 2 heterocycles. The first-order chi connectivity index (χ1) is 6.77. The number of nitrogens with zero attached hydrogens (tertiary/aromatic N) is 1. The Balaban J connectivity index is 1.97. The summed E-state index contributed by atoms with van der Waals surface area (Å²) in [6.45, 7) is 3.80. The van der Waals surface area contributed by atoms with Crippen molar-refractivity contribution in [3.63, 3.8) is 0 Å². The summed E-state index contributed by atoms with van der Waals surface area (Å²) in [7, 11) is 2.16. The van der Waals surface area contributed by atoms with Crippen molar-refractivity contribution in [3.05, 3.63) is 0 Å². The summed E-state index contributed by atoms with van der Waals surface area (Å²) in [5, 5.41) is 13.0. The topological polar surface area (TPSA) is 35.5 Å². The van der Waals surface area contributed by atoms with Crippen molar-refractivity contribution in [2.24, 2.45) is 5.92 Å². The number of likely N-dealkylation sites (N-methyl/N-ethyl adjacent to an activating group) is 1. The molecule has 0 aromatic rings.